The number of aliphatic imine (C=N–C) groups is 1. The summed E-state index contributed by atoms with van der Waals surface area (Å²) < 4.78 is 5.18. The van der Waals surface area contributed by atoms with E-state index in [1.54, 1.807) is 7.11 Å². The van der Waals surface area contributed by atoms with E-state index in [-0.39, 0.29) is 0 Å². The minimum Gasteiger partial charge on any atom is -0.497 e. The molecule has 0 bridgehead atoms. The summed E-state index contributed by atoms with van der Waals surface area (Å²) in [4.78, 5) is 6.89. The Bertz CT molecular complexity index is 438. The van der Waals surface area contributed by atoms with Gasteiger partial charge < -0.3 is 15.0 Å². The van der Waals surface area contributed by atoms with Gasteiger partial charge >= 0.3 is 0 Å². The lowest BCUT2D eigenvalue weighted by Crippen LogP contribution is -2.38. The highest BCUT2D eigenvalue weighted by atomic mass is 16.5. The van der Waals surface area contributed by atoms with Crippen molar-refractivity contribution in [2.45, 2.75) is 26.3 Å². The van der Waals surface area contributed by atoms with Crippen molar-refractivity contribution in [2.24, 2.45) is 10.9 Å². The zero-order chi connectivity index (χ0) is 14.4. The molecule has 0 saturated heterocycles. The van der Waals surface area contributed by atoms with Crippen molar-refractivity contribution < 1.29 is 4.74 Å². The van der Waals surface area contributed by atoms with E-state index in [0.29, 0.717) is 0 Å². The van der Waals surface area contributed by atoms with Crippen LogP contribution in [-0.2, 0) is 6.54 Å². The maximum atomic E-state index is 5.18. The predicted molar refractivity (Wildman–Crippen MR) is 83.2 cm³/mol. The summed E-state index contributed by atoms with van der Waals surface area (Å²) in [6, 6.07) is 8.19. The Labute approximate surface area is 121 Å². The fourth-order valence-electron chi connectivity index (χ4n) is 2.07. The summed E-state index contributed by atoms with van der Waals surface area (Å²) in [5.74, 6) is 2.71. The lowest BCUT2D eigenvalue weighted by atomic mass is 10.2. The first kappa shape index (κ1) is 14.7. The maximum Gasteiger partial charge on any atom is 0.193 e. The van der Waals surface area contributed by atoms with Crippen LogP contribution in [-0.4, -0.2) is 38.1 Å². The fourth-order valence-corrected chi connectivity index (χ4v) is 2.07. The van der Waals surface area contributed by atoms with Crippen LogP contribution in [0.5, 0.6) is 5.75 Å². The van der Waals surface area contributed by atoms with Crippen molar-refractivity contribution in [1.29, 1.82) is 0 Å². The smallest absolute Gasteiger partial charge is 0.193 e. The van der Waals surface area contributed by atoms with Crippen LogP contribution in [0.1, 0.15) is 25.3 Å². The molecule has 20 heavy (non-hydrogen) atoms. The molecule has 1 fully saturated rings. The van der Waals surface area contributed by atoms with Gasteiger partial charge in [-0.05, 0) is 43.4 Å². The first-order chi connectivity index (χ1) is 9.72. The summed E-state index contributed by atoms with van der Waals surface area (Å²) in [6.07, 6.45) is 2.68. The van der Waals surface area contributed by atoms with E-state index in [1.165, 1.54) is 18.4 Å². The van der Waals surface area contributed by atoms with E-state index in [9.17, 15) is 0 Å². The minimum absolute atomic E-state index is 0.818. The average molecular weight is 275 g/mol. The van der Waals surface area contributed by atoms with E-state index in [4.69, 9.17) is 9.73 Å². The zero-order valence-corrected chi connectivity index (χ0v) is 12.7. The van der Waals surface area contributed by atoms with Crippen molar-refractivity contribution in [3.63, 3.8) is 0 Å². The third-order valence-corrected chi connectivity index (χ3v) is 3.47. The molecule has 0 unspecified atom stereocenters. The second-order valence-electron chi connectivity index (χ2n) is 5.34. The molecule has 1 saturated carbocycles. The number of guanidine groups is 1. The van der Waals surface area contributed by atoms with E-state index >= 15 is 0 Å². The largest absolute Gasteiger partial charge is 0.497 e. The van der Waals surface area contributed by atoms with Crippen LogP contribution < -0.4 is 10.1 Å². The molecule has 1 aliphatic rings. The molecule has 1 aromatic rings. The van der Waals surface area contributed by atoms with Gasteiger partial charge in [-0.15, -0.1) is 0 Å². The van der Waals surface area contributed by atoms with Crippen molar-refractivity contribution in [2.75, 3.05) is 27.2 Å². The van der Waals surface area contributed by atoms with Gasteiger partial charge in [0.15, 0.2) is 5.96 Å². The Morgan fingerprint density at radius 3 is 2.60 bits per heavy atom. The van der Waals surface area contributed by atoms with Crippen LogP contribution in [0.25, 0.3) is 0 Å². The molecule has 1 aromatic carbocycles. The van der Waals surface area contributed by atoms with Gasteiger partial charge in [0, 0.05) is 26.7 Å². The molecule has 4 heteroatoms. The lowest BCUT2D eigenvalue weighted by Gasteiger charge is -2.22. The van der Waals surface area contributed by atoms with Crippen LogP contribution in [0.15, 0.2) is 29.3 Å². The summed E-state index contributed by atoms with van der Waals surface area (Å²) >= 11 is 0. The average Bonchev–Trinajstić information content (AvgIpc) is 3.28. The van der Waals surface area contributed by atoms with Gasteiger partial charge in [-0.25, -0.2) is 0 Å². The van der Waals surface area contributed by atoms with E-state index in [0.717, 1.165) is 37.3 Å². The third-order valence-electron chi connectivity index (χ3n) is 3.47. The van der Waals surface area contributed by atoms with E-state index < -0.39 is 0 Å². The highest BCUT2D eigenvalue weighted by molar-refractivity contribution is 5.79. The third kappa shape index (κ3) is 4.44. The fraction of sp³-hybridized carbons (Fsp3) is 0.562. The second kappa shape index (κ2) is 7.17. The standard InChI is InChI=1S/C16H25N3O/c1-4-17-16(18-11-13-5-6-13)19(2)12-14-7-9-15(20-3)10-8-14/h7-10,13H,4-6,11-12H2,1-3H3,(H,17,18). The van der Waals surface area contributed by atoms with Gasteiger partial charge in [0.05, 0.1) is 7.11 Å². The second-order valence-corrected chi connectivity index (χ2v) is 5.34. The number of methoxy groups -OCH3 is 1. The van der Waals surface area contributed by atoms with Crippen molar-refractivity contribution >= 4 is 5.96 Å². The number of hydrogen-bond donors (Lipinski definition) is 1. The Morgan fingerprint density at radius 1 is 1.35 bits per heavy atom. The molecule has 0 aliphatic heterocycles. The van der Waals surface area contributed by atoms with Gasteiger partial charge in [0.2, 0.25) is 0 Å². The Balaban J connectivity index is 1.94. The molecule has 2 rings (SSSR count). The maximum absolute atomic E-state index is 5.18. The molecule has 0 radical (unpaired) electrons. The van der Waals surface area contributed by atoms with E-state index in [1.807, 2.05) is 12.1 Å². The molecule has 0 atom stereocenters. The summed E-state index contributed by atoms with van der Waals surface area (Å²) in [5, 5.41) is 3.36. The van der Waals surface area contributed by atoms with Gasteiger partial charge in [-0.1, -0.05) is 12.1 Å². The van der Waals surface area contributed by atoms with Gasteiger partial charge in [0.1, 0.15) is 5.75 Å². The van der Waals surface area contributed by atoms with Gasteiger partial charge in [-0.2, -0.15) is 0 Å². The minimum atomic E-state index is 0.818. The Kier molecular flexibility index (Phi) is 5.27. The van der Waals surface area contributed by atoms with Gasteiger partial charge in [0.25, 0.3) is 0 Å². The molecule has 1 N–H and O–H groups in total. The van der Waals surface area contributed by atoms with Crippen LogP contribution in [0.4, 0.5) is 0 Å². The first-order valence-electron chi connectivity index (χ1n) is 7.35. The topological polar surface area (TPSA) is 36.9 Å². The molecule has 0 spiro atoms. The highest BCUT2D eigenvalue weighted by Crippen LogP contribution is 2.28. The zero-order valence-electron chi connectivity index (χ0n) is 12.7. The molecule has 1 aliphatic carbocycles. The van der Waals surface area contributed by atoms with E-state index in [2.05, 4.69) is 36.3 Å². The molecular weight excluding hydrogens is 250 g/mol. The Hall–Kier alpha value is -1.71. The summed E-state index contributed by atoms with van der Waals surface area (Å²) in [5.41, 5.74) is 1.25. The van der Waals surface area contributed by atoms with Crippen LogP contribution in [0.3, 0.4) is 0 Å². The van der Waals surface area contributed by atoms with Crippen molar-refractivity contribution in [1.82, 2.24) is 10.2 Å². The molecule has 0 heterocycles. The summed E-state index contributed by atoms with van der Waals surface area (Å²) in [7, 11) is 3.77. The molecule has 110 valence electrons. The van der Waals surface area contributed by atoms with Crippen LogP contribution >= 0.6 is 0 Å². The normalized spacial score (nSPS) is 15.1. The predicted octanol–water partition coefficient (Wildman–Crippen LogP) is 2.50. The number of benzene rings is 1. The monoisotopic (exact) mass is 275 g/mol. The molecule has 0 amide bonds. The highest BCUT2D eigenvalue weighted by Gasteiger charge is 2.21. The Morgan fingerprint density at radius 2 is 2.05 bits per heavy atom. The number of rotatable bonds is 6. The molecular formula is C16H25N3O. The van der Waals surface area contributed by atoms with Crippen LogP contribution in [0.2, 0.25) is 0 Å². The summed E-state index contributed by atoms with van der Waals surface area (Å²) in [6.45, 7) is 4.81. The van der Waals surface area contributed by atoms with Crippen molar-refractivity contribution in [3.8, 4) is 5.75 Å². The van der Waals surface area contributed by atoms with Crippen LogP contribution in [0, 0.1) is 5.92 Å². The number of nitrogens with one attached hydrogen (secondary N) is 1. The molecule has 0 aromatic heterocycles. The van der Waals surface area contributed by atoms with Crippen molar-refractivity contribution in [3.05, 3.63) is 29.8 Å². The number of hydrogen-bond acceptors (Lipinski definition) is 2. The molecule has 4 nitrogen and oxygen atoms in total. The SMILES string of the molecule is CCNC(=NCC1CC1)N(C)Cc1ccc(OC)cc1. The number of ether oxygens (including phenoxy) is 1. The lowest BCUT2D eigenvalue weighted by molar-refractivity contribution is 0.414. The quantitative estimate of drug-likeness (QED) is 0.640. The number of nitrogens with zero attached hydrogens (tertiary/aromatic N) is 2. The first-order valence-corrected chi connectivity index (χ1v) is 7.35. The van der Waals surface area contributed by atoms with Gasteiger partial charge in [-0.3, -0.25) is 4.99 Å².